The van der Waals surface area contributed by atoms with Gasteiger partial charge in [0.1, 0.15) is 0 Å². The van der Waals surface area contributed by atoms with Crippen molar-refractivity contribution in [2.45, 2.75) is 5.78 Å². The van der Waals surface area contributed by atoms with Gasteiger partial charge in [0.25, 0.3) is 0 Å². The Morgan fingerprint density at radius 1 is 0.562 bits per heavy atom. The Hall–Kier alpha value is -2.34. The van der Waals surface area contributed by atoms with Gasteiger partial charge in [0.15, 0.2) is 0 Å². The van der Waals surface area contributed by atoms with Crippen LogP contribution in [-0.2, 0) is 0 Å². The summed E-state index contributed by atoms with van der Waals surface area (Å²) in [5.41, 5.74) is 0. The van der Waals surface area contributed by atoms with Crippen LogP contribution in [-0.4, -0.2) is 30.1 Å². The molecule has 4 aromatic rings. The van der Waals surface area contributed by atoms with Gasteiger partial charge in [0.05, 0.1) is 5.78 Å². The summed E-state index contributed by atoms with van der Waals surface area (Å²) in [5, 5.41) is 9.48. The molecule has 0 radical (unpaired) electrons. The number of hydrogen-bond acceptors (Lipinski definition) is 2. The van der Waals surface area contributed by atoms with E-state index in [4.69, 9.17) is 0 Å². The quantitative estimate of drug-likeness (QED) is 0.435. The first-order valence-corrected chi connectivity index (χ1v) is 13.9. The predicted molar refractivity (Wildman–Crippen MR) is 142 cm³/mol. The minimum Gasteiger partial charge on any atom is -0.313 e. The molecule has 0 bridgehead atoms. The van der Waals surface area contributed by atoms with E-state index in [0.717, 1.165) is 19.6 Å². The van der Waals surface area contributed by atoms with Crippen LogP contribution in [0, 0.1) is 0 Å². The van der Waals surface area contributed by atoms with E-state index in [1.807, 2.05) is 0 Å². The summed E-state index contributed by atoms with van der Waals surface area (Å²) in [6, 6.07) is 44.5. The number of hydrogen-bond donors (Lipinski definition) is 1. The van der Waals surface area contributed by atoms with Gasteiger partial charge in [-0.1, -0.05) is 121 Å². The molecule has 32 heavy (non-hydrogen) atoms. The molecule has 2 nitrogen and oxygen atoms in total. The number of nitrogens with one attached hydrogen (secondary N) is 1. The highest BCUT2D eigenvalue weighted by atomic mass is 31.1. The molecule has 1 heterocycles. The molecule has 1 aliphatic heterocycles. The SMILES string of the molecule is c1ccc(P(c2ccccc2)C2CNCCN2P(c2ccccc2)c2ccccc2)cc1. The van der Waals surface area contributed by atoms with Crippen LogP contribution < -0.4 is 26.5 Å². The van der Waals surface area contributed by atoms with Crippen LogP contribution in [0.3, 0.4) is 0 Å². The normalized spacial score (nSPS) is 17.0. The minimum absolute atomic E-state index is 0.426. The molecule has 0 spiro atoms. The van der Waals surface area contributed by atoms with E-state index < -0.39 is 16.0 Å². The van der Waals surface area contributed by atoms with E-state index in [-0.39, 0.29) is 0 Å². The average Bonchev–Trinajstić information content (AvgIpc) is 2.88. The van der Waals surface area contributed by atoms with Gasteiger partial charge in [-0.25, -0.2) is 0 Å². The van der Waals surface area contributed by atoms with Crippen LogP contribution in [0.4, 0.5) is 0 Å². The summed E-state index contributed by atoms with van der Waals surface area (Å²) < 4.78 is 2.82. The second kappa shape index (κ2) is 10.5. The molecule has 160 valence electrons. The molecule has 1 aliphatic rings. The van der Waals surface area contributed by atoms with Crippen LogP contribution in [0.5, 0.6) is 0 Å². The molecule has 5 rings (SSSR count). The molecule has 4 aromatic carbocycles. The second-order valence-corrected chi connectivity index (χ2v) is 12.4. The summed E-state index contributed by atoms with van der Waals surface area (Å²) >= 11 is 0. The van der Waals surface area contributed by atoms with E-state index in [1.54, 1.807) is 0 Å². The van der Waals surface area contributed by atoms with E-state index in [1.165, 1.54) is 21.2 Å². The molecule has 0 saturated carbocycles. The maximum absolute atomic E-state index is 3.73. The van der Waals surface area contributed by atoms with E-state index in [9.17, 15) is 0 Å². The molecule has 0 aromatic heterocycles. The van der Waals surface area contributed by atoms with Crippen molar-refractivity contribution in [3.63, 3.8) is 0 Å². The Labute approximate surface area is 193 Å². The highest BCUT2D eigenvalue weighted by Crippen LogP contribution is 2.50. The minimum atomic E-state index is -0.612. The van der Waals surface area contributed by atoms with Gasteiger partial charge in [-0.05, 0) is 29.1 Å². The predicted octanol–water partition coefficient (Wildman–Crippen LogP) is 4.40. The third-order valence-electron chi connectivity index (χ3n) is 5.81. The largest absolute Gasteiger partial charge is 0.313 e. The topological polar surface area (TPSA) is 15.3 Å². The van der Waals surface area contributed by atoms with Gasteiger partial charge >= 0.3 is 0 Å². The molecule has 4 heteroatoms. The molecule has 1 atom stereocenters. The van der Waals surface area contributed by atoms with E-state index >= 15 is 0 Å². The standard InChI is InChI=1S/C28H28N2P2/c1-5-13-24(14-6-1)31(25-15-7-2-8-16-25)28-23-29-21-22-30(28)32(26-17-9-3-10-18-26)27-19-11-4-12-20-27/h1-20,28-29H,21-23H2. The zero-order valence-electron chi connectivity index (χ0n) is 18.1. The van der Waals surface area contributed by atoms with Crippen molar-refractivity contribution in [1.29, 1.82) is 0 Å². The first-order chi connectivity index (χ1) is 15.9. The van der Waals surface area contributed by atoms with Gasteiger partial charge in [-0.2, -0.15) is 0 Å². The van der Waals surface area contributed by atoms with E-state index in [2.05, 4.69) is 131 Å². The second-order valence-electron chi connectivity index (χ2n) is 7.87. The monoisotopic (exact) mass is 454 g/mol. The summed E-state index contributed by atoms with van der Waals surface area (Å²) in [6.45, 7) is 3.09. The first-order valence-electron chi connectivity index (χ1n) is 11.2. The fourth-order valence-corrected chi connectivity index (χ4v) is 10.1. The Balaban J connectivity index is 1.62. The molecular formula is C28H28N2P2. The maximum atomic E-state index is 3.73. The Morgan fingerprint density at radius 3 is 1.41 bits per heavy atom. The van der Waals surface area contributed by atoms with E-state index in [0.29, 0.717) is 5.78 Å². The lowest BCUT2D eigenvalue weighted by molar-refractivity contribution is 0.358. The van der Waals surface area contributed by atoms with Gasteiger partial charge in [-0.3, -0.25) is 4.67 Å². The number of benzene rings is 4. The van der Waals surface area contributed by atoms with Crippen LogP contribution in [0.1, 0.15) is 0 Å². The van der Waals surface area contributed by atoms with Gasteiger partial charge in [0.2, 0.25) is 0 Å². The summed E-state index contributed by atoms with van der Waals surface area (Å²) in [4.78, 5) is 0. The maximum Gasteiger partial charge on any atom is 0.0545 e. The first kappa shape index (κ1) is 21.5. The van der Waals surface area contributed by atoms with Crippen molar-refractivity contribution in [1.82, 2.24) is 9.99 Å². The van der Waals surface area contributed by atoms with Crippen LogP contribution >= 0.6 is 16.0 Å². The third kappa shape index (κ3) is 4.70. The summed E-state index contributed by atoms with van der Waals surface area (Å²) in [6.07, 6.45) is 0. The van der Waals surface area contributed by atoms with Gasteiger partial charge in [-0.15, -0.1) is 0 Å². The molecule has 1 N–H and O–H groups in total. The van der Waals surface area contributed by atoms with Crippen LogP contribution in [0.15, 0.2) is 121 Å². The molecule has 1 saturated heterocycles. The highest BCUT2D eigenvalue weighted by molar-refractivity contribution is 7.75. The Kier molecular flexibility index (Phi) is 7.07. The van der Waals surface area contributed by atoms with Crippen molar-refractivity contribution in [3.05, 3.63) is 121 Å². The summed E-state index contributed by atoms with van der Waals surface area (Å²) in [7, 11) is -1.15. The van der Waals surface area contributed by atoms with Crippen LogP contribution in [0.2, 0.25) is 0 Å². The van der Waals surface area contributed by atoms with Crippen molar-refractivity contribution >= 4 is 37.2 Å². The lowest BCUT2D eigenvalue weighted by Crippen LogP contribution is -2.51. The highest BCUT2D eigenvalue weighted by Gasteiger charge is 2.37. The average molecular weight is 454 g/mol. The van der Waals surface area contributed by atoms with Crippen molar-refractivity contribution in [2.24, 2.45) is 0 Å². The lowest BCUT2D eigenvalue weighted by Gasteiger charge is -2.45. The lowest BCUT2D eigenvalue weighted by atomic mass is 10.4. The fourth-order valence-electron chi connectivity index (χ4n) is 4.39. The molecular weight excluding hydrogens is 426 g/mol. The number of nitrogens with zero attached hydrogens (tertiary/aromatic N) is 1. The fraction of sp³-hybridized carbons (Fsp3) is 0.143. The Morgan fingerprint density at radius 2 is 0.969 bits per heavy atom. The molecule has 1 fully saturated rings. The zero-order valence-corrected chi connectivity index (χ0v) is 19.9. The van der Waals surface area contributed by atoms with Gasteiger partial charge < -0.3 is 5.32 Å². The third-order valence-corrected chi connectivity index (χ3v) is 11.3. The van der Waals surface area contributed by atoms with Crippen molar-refractivity contribution in [2.75, 3.05) is 19.6 Å². The Bertz CT molecular complexity index is 921. The zero-order chi connectivity index (χ0) is 21.6. The molecule has 1 unspecified atom stereocenters. The van der Waals surface area contributed by atoms with Gasteiger partial charge in [0, 0.05) is 27.7 Å². The number of piperazine rings is 1. The molecule has 0 amide bonds. The van der Waals surface area contributed by atoms with Crippen molar-refractivity contribution in [3.8, 4) is 0 Å². The van der Waals surface area contributed by atoms with Crippen molar-refractivity contribution < 1.29 is 0 Å². The number of rotatable bonds is 6. The van der Waals surface area contributed by atoms with Crippen LogP contribution in [0.25, 0.3) is 0 Å². The molecule has 0 aliphatic carbocycles. The summed E-state index contributed by atoms with van der Waals surface area (Å²) in [5.74, 6) is 0.426. The smallest absolute Gasteiger partial charge is 0.0545 e.